The molecule has 0 aliphatic heterocycles. The van der Waals surface area contributed by atoms with Crippen molar-refractivity contribution in [3.8, 4) is 0 Å². The summed E-state index contributed by atoms with van der Waals surface area (Å²) in [5, 5.41) is 6.33. The summed E-state index contributed by atoms with van der Waals surface area (Å²) in [6, 6.07) is 10.6. The van der Waals surface area contributed by atoms with Crippen LogP contribution in [0, 0.1) is 6.92 Å². The molecule has 0 bridgehead atoms. The van der Waals surface area contributed by atoms with Gasteiger partial charge in [-0.2, -0.15) is 5.10 Å². The van der Waals surface area contributed by atoms with Crippen molar-refractivity contribution in [1.29, 1.82) is 0 Å². The van der Waals surface area contributed by atoms with Crippen LogP contribution in [-0.2, 0) is 4.79 Å². The summed E-state index contributed by atoms with van der Waals surface area (Å²) < 4.78 is 0. The van der Waals surface area contributed by atoms with Crippen LogP contribution in [-0.4, -0.2) is 29.6 Å². The summed E-state index contributed by atoms with van der Waals surface area (Å²) in [5.74, 6) is -0.695. The number of carbonyl (C=O) groups excluding carboxylic acids is 2. The van der Waals surface area contributed by atoms with E-state index in [9.17, 15) is 9.59 Å². The van der Waals surface area contributed by atoms with E-state index in [-0.39, 0.29) is 12.5 Å². The van der Waals surface area contributed by atoms with Crippen molar-refractivity contribution in [2.45, 2.75) is 6.92 Å². The minimum Gasteiger partial charge on any atom is -0.343 e. The van der Waals surface area contributed by atoms with E-state index < -0.39 is 5.91 Å². The fourth-order valence-electron chi connectivity index (χ4n) is 1.64. The van der Waals surface area contributed by atoms with Gasteiger partial charge in [-0.05, 0) is 36.8 Å². The number of aryl methyl sites for hydroxylation is 1. The Morgan fingerprint density at radius 1 is 1.14 bits per heavy atom. The Labute approximate surface area is 128 Å². The molecule has 0 atom stereocenters. The summed E-state index contributed by atoms with van der Waals surface area (Å²) in [4.78, 5) is 27.3. The third-order valence-corrected chi connectivity index (χ3v) is 2.83. The van der Waals surface area contributed by atoms with Gasteiger partial charge in [-0.3, -0.25) is 14.6 Å². The van der Waals surface area contributed by atoms with Crippen molar-refractivity contribution in [3.63, 3.8) is 0 Å². The molecule has 6 heteroatoms. The number of aromatic nitrogens is 1. The van der Waals surface area contributed by atoms with Crippen LogP contribution in [0.25, 0.3) is 0 Å². The molecule has 0 saturated heterocycles. The highest BCUT2D eigenvalue weighted by molar-refractivity contribution is 5.96. The van der Waals surface area contributed by atoms with Gasteiger partial charge in [0.05, 0.1) is 12.8 Å². The van der Waals surface area contributed by atoms with Crippen molar-refractivity contribution >= 4 is 18.0 Å². The number of carbonyl (C=O) groups is 2. The van der Waals surface area contributed by atoms with Crippen LogP contribution < -0.4 is 10.7 Å². The monoisotopic (exact) mass is 296 g/mol. The third kappa shape index (κ3) is 4.82. The Kier molecular flexibility index (Phi) is 5.37. The summed E-state index contributed by atoms with van der Waals surface area (Å²) in [6.45, 7) is 1.80. The molecule has 2 N–H and O–H groups in total. The molecule has 0 unspecified atom stereocenters. The van der Waals surface area contributed by atoms with Gasteiger partial charge in [-0.25, -0.2) is 5.43 Å². The fraction of sp³-hybridized carbons (Fsp3) is 0.125. The molecule has 0 fully saturated rings. The maximum Gasteiger partial charge on any atom is 0.259 e. The van der Waals surface area contributed by atoms with Crippen LogP contribution in [0.15, 0.2) is 53.9 Å². The number of nitrogens with zero attached hydrogens (tertiary/aromatic N) is 2. The van der Waals surface area contributed by atoms with Crippen LogP contribution in [0.1, 0.15) is 21.5 Å². The number of hydrogen-bond donors (Lipinski definition) is 2. The second kappa shape index (κ2) is 7.68. The maximum absolute atomic E-state index is 11.8. The number of amides is 2. The topological polar surface area (TPSA) is 83.5 Å². The van der Waals surface area contributed by atoms with Crippen LogP contribution >= 0.6 is 0 Å². The Morgan fingerprint density at radius 3 is 2.50 bits per heavy atom. The lowest BCUT2D eigenvalue weighted by Gasteiger charge is -2.04. The van der Waals surface area contributed by atoms with E-state index in [0.29, 0.717) is 5.56 Å². The zero-order chi connectivity index (χ0) is 15.8. The zero-order valence-corrected chi connectivity index (χ0v) is 12.1. The van der Waals surface area contributed by atoms with Crippen LogP contribution in [0.5, 0.6) is 0 Å². The molecule has 0 saturated carbocycles. The minimum atomic E-state index is -0.397. The van der Waals surface area contributed by atoms with Crippen LogP contribution in [0.3, 0.4) is 0 Å². The van der Waals surface area contributed by atoms with Gasteiger partial charge in [0.15, 0.2) is 0 Å². The molecule has 1 aromatic carbocycles. The fourth-order valence-corrected chi connectivity index (χ4v) is 1.64. The van der Waals surface area contributed by atoms with Crippen LogP contribution in [0.4, 0.5) is 0 Å². The van der Waals surface area contributed by atoms with Gasteiger partial charge in [0, 0.05) is 18.0 Å². The van der Waals surface area contributed by atoms with Crippen molar-refractivity contribution < 1.29 is 9.59 Å². The van der Waals surface area contributed by atoms with E-state index in [2.05, 4.69) is 20.8 Å². The summed E-state index contributed by atoms with van der Waals surface area (Å²) >= 11 is 0. The first-order chi connectivity index (χ1) is 10.6. The van der Waals surface area contributed by atoms with E-state index in [4.69, 9.17) is 0 Å². The smallest absolute Gasteiger partial charge is 0.259 e. The Bertz CT molecular complexity index is 666. The zero-order valence-electron chi connectivity index (χ0n) is 12.1. The largest absolute Gasteiger partial charge is 0.343 e. The predicted molar refractivity (Wildman–Crippen MR) is 83.5 cm³/mol. The predicted octanol–water partition coefficient (Wildman–Crippen LogP) is 1.27. The van der Waals surface area contributed by atoms with Gasteiger partial charge >= 0.3 is 0 Å². The normalized spacial score (nSPS) is 10.4. The molecule has 112 valence electrons. The third-order valence-electron chi connectivity index (χ3n) is 2.83. The molecule has 0 radical (unpaired) electrons. The SMILES string of the molecule is Cc1ccc(C(=O)NCC(=O)N/N=C\c2ccncc2)cc1. The number of hydrogen-bond acceptors (Lipinski definition) is 4. The minimum absolute atomic E-state index is 0.138. The van der Waals surface area contributed by atoms with E-state index in [1.807, 2.05) is 19.1 Å². The number of pyridine rings is 1. The summed E-state index contributed by atoms with van der Waals surface area (Å²) in [7, 11) is 0. The standard InChI is InChI=1S/C16H16N4O2/c1-12-2-4-14(5-3-12)16(22)18-11-15(21)20-19-10-13-6-8-17-9-7-13/h2-10H,11H2,1H3,(H,18,22)(H,20,21)/b19-10-. The van der Waals surface area contributed by atoms with Crippen LogP contribution in [0.2, 0.25) is 0 Å². The molecular weight excluding hydrogens is 280 g/mol. The lowest BCUT2D eigenvalue weighted by molar-refractivity contribution is -0.120. The quantitative estimate of drug-likeness (QED) is 0.644. The molecule has 1 aromatic heterocycles. The van der Waals surface area contributed by atoms with E-state index >= 15 is 0 Å². The Morgan fingerprint density at radius 2 is 1.82 bits per heavy atom. The van der Waals surface area contributed by atoms with Crippen molar-refractivity contribution in [2.24, 2.45) is 5.10 Å². The molecule has 0 spiro atoms. The van der Waals surface area contributed by atoms with Crippen molar-refractivity contribution in [3.05, 3.63) is 65.5 Å². The number of rotatable bonds is 5. The maximum atomic E-state index is 11.8. The molecule has 2 aromatic rings. The van der Waals surface area contributed by atoms with Gasteiger partial charge in [-0.1, -0.05) is 17.7 Å². The molecule has 2 amide bonds. The highest BCUT2D eigenvalue weighted by atomic mass is 16.2. The molecular formula is C16H16N4O2. The van der Waals surface area contributed by atoms with Gasteiger partial charge in [0.2, 0.25) is 0 Å². The molecule has 2 rings (SSSR count). The van der Waals surface area contributed by atoms with E-state index in [1.54, 1.807) is 36.7 Å². The highest BCUT2D eigenvalue weighted by Gasteiger charge is 2.06. The average molecular weight is 296 g/mol. The van der Waals surface area contributed by atoms with Gasteiger partial charge in [-0.15, -0.1) is 0 Å². The summed E-state index contributed by atoms with van der Waals surface area (Å²) in [5.41, 5.74) is 4.74. The lowest BCUT2D eigenvalue weighted by Crippen LogP contribution is -2.34. The first-order valence-corrected chi connectivity index (χ1v) is 6.72. The molecule has 22 heavy (non-hydrogen) atoms. The average Bonchev–Trinajstić information content (AvgIpc) is 2.54. The summed E-state index contributed by atoms with van der Waals surface area (Å²) in [6.07, 6.45) is 4.76. The Hall–Kier alpha value is -3.02. The first kappa shape index (κ1) is 15.4. The molecule has 0 aliphatic rings. The van der Waals surface area contributed by atoms with Crippen molar-refractivity contribution in [1.82, 2.24) is 15.7 Å². The molecule has 1 heterocycles. The first-order valence-electron chi connectivity index (χ1n) is 6.72. The van der Waals surface area contributed by atoms with E-state index in [0.717, 1.165) is 11.1 Å². The van der Waals surface area contributed by atoms with Gasteiger partial charge < -0.3 is 5.32 Å². The second-order valence-corrected chi connectivity index (χ2v) is 4.62. The Balaban J connectivity index is 1.77. The van der Waals surface area contributed by atoms with Gasteiger partial charge in [0.1, 0.15) is 0 Å². The highest BCUT2D eigenvalue weighted by Crippen LogP contribution is 2.02. The number of nitrogens with one attached hydrogen (secondary N) is 2. The molecule has 6 nitrogen and oxygen atoms in total. The lowest BCUT2D eigenvalue weighted by atomic mass is 10.1. The van der Waals surface area contributed by atoms with E-state index in [1.165, 1.54) is 6.21 Å². The molecule has 0 aliphatic carbocycles. The second-order valence-electron chi connectivity index (χ2n) is 4.62. The van der Waals surface area contributed by atoms with Crippen molar-refractivity contribution in [2.75, 3.05) is 6.54 Å². The number of hydrazone groups is 1. The van der Waals surface area contributed by atoms with Gasteiger partial charge in [0.25, 0.3) is 11.8 Å². The number of benzene rings is 1.